The molecule has 2 aromatic carbocycles. The number of methoxy groups -OCH3 is 1. The predicted molar refractivity (Wildman–Crippen MR) is 90.9 cm³/mol. The van der Waals surface area contributed by atoms with Crippen LogP contribution in [0.4, 0.5) is 11.4 Å². The molecule has 5 heteroatoms. The van der Waals surface area contributed by atoms with Crippen molar-refractivity contribution in [2.24, 2.45) is 0 Å². The Hall–Kier alpha value is -2.82. The van der Waals surface area contributed by atoms with E-state index in [0.717, 1.165) is 22.7 Å². The number of carbonyl (C=O) groups excluding carboxylic acids is 2. The van der Waals surface area contributed by atoms with Gasteiger partial charge in [0, 0.05) is 25.3 Å². The number of carbonyl (C=O) groups is 2. The molecule has 120 valence electrons. The number of nitrogens with one attached hydrogen (secondary N) is 1. The van der Waals surface area contributed by atoms with Crippen molar-refractivity contribution in [1.82, 2.24) is 0 Å². The van der Waals surface area contributed by atoms with Crippen LogP contribution in [-0.2, 0) is 16.0 Å². The molecule has 0 saturated carbocycles. The van der Waals surface area contributed by atoms with Crippen molar-refractivity contribution < 1.29 is 14.3 Å². The Morgan fingerprint density at radius 2 is 1.65 bits per heavy atom. The van der Waals surface area contributed by atoms with Gasteiger partial charge in [-0.3, -0.25) is 9.59 Å². The highest BCUT2D eigenvalue weighted by atomic mass is 16.5. The number of ether oxygens (including phenoxy) is 1. The van der Waals surface area contributed by atoms with E-state index < -0.39 is 0 Å². The van der Waals surface area contributed by atoms with E-state index in [1.165, 1.54) is 6.92 Å². The van der Waals surface area contributed by atoms with Crippen LogP contribution in [0.2, 0.25) is 0 Å². The molecule has 0 aliphatic heterocycles. The average Bonchev–Trinajstić information content (AvgIpc) is 2.55. The van der Waals surface area contributed by atoms with Gasteiger partial charge in [-0.25, -0.2) is 0 Å². The van der Waals surface area contributed by atoms with Gasteiger partial charge in [-0.05, 0) is 42.0 Å². The second-order valence-electron chi connectivity index (χ2n) is 5.20. The van der Waals surface area contributed by atoms with Crippen LogP contribution in [0.5, 0.6) is 5.75 Å². The minimum Gasteiger partial charge on any atom is -0.497 e. The van der Waals surface area contributed by atoms with Crippen molar-refractivity contribution in [1.29, 1.82) is 0 Å². The molecule has 0 aliphatic carbocycles. The third-order valence-corrected chi connectivity index (χ3v) is 3.53. The topological polar surface area (TPSA) is 58.6 Å². The number of amides is 2. The summed E-state index contributed by atoms with van der Waals surface area (Å²) in [5.41, 5.74) is 2.41. The molecule has 0 saturated heterocycles. The summed E-state index contributed by atoms with van der Waals surface area (Å²) in [4.78, 5) is 24.9. The largest absolute Gasteiger partial charge is 0.497 e. The number of hydrogen-bond donors (Lipinski definition) is 1. The zero-order chi connectivity index (χ0) is 16.8. The first-order valence-corrected chi connectivity index (χ1v) is 7.26. The highest BCUT2D eigenvalue weighted by Gasteiger charge is 2.07. The summed E-state index contributed by atoms with van der Waals surface area (Å²) in [6.45, 7) is 1.51. The lowest BCUT2D eigenvalue weighted by Crippen LogP contribution is -2.22. The van der Waals surface area contributed by atoms with E-state index in [1.54, 1.807) is 43.3 Å². The third kappa shape index (κ3) is 4.57. The Balaban J connectivity index is 1.95. The van der Waals surface area contributed by atoms with Crippen molar-refractivity contribution in [2.45, 2.75) is 13.3 Å². The van der Waals surface area contributed by atoms with Gasteiger partial charge >= 0.3 is 0 Å². The van der Waals surface area contributed by atoms with Crippen molar-refractivity contribution in [3.05, 3.63) is 54.1 Å². The summed E-state index contributed by atoms with van der Waals surface area (Å²) in [6.07, 6.45) is 0.274. The molecule has 23 heavy (non-hydrogen) atoms. The van der Waals surface area contributed by atoms with Crippen LogP contribution in [0.3, 0.4) is 0 Å². The average molecular weight is 312 g/mol. The molecule has 0 aromatic heterocycles. The van der Waals surface area contributed by atoms with Gasteiger partial charge in [-0.2, -0.15) is 0 Å². The zero-order valence-corrected chi connectivity index (χ0v) is 13.5. The van der Waals surface area contributed by atoms with Crippen LogP contribution < -0.4 is 15.0 Å². The number of anilines is 2. The van der Waals surface area contributed by atoms with Crippen LogP contribution >= 0.6 is 0 Å². The maximum atomic E-state index is 12.1. The fourth-order valence-electron chi connectivity index (χ4n) is 2.08. The molecule has 5 nitrogen and oxygen atoms in total. The zero-order valence-electron chi connectivity index (χ0n) is 13.5. The van der Waals surface area contributed by atoms with Gasteiger partial charge in [0.25, 0.3) is 0 Å². The fourth-order valence-corrected chi connectivity index (χ4v) is 2.08. The number of hydrogen-bond acceptors (Lipinski definition) is 3. The Morgan fingerprint density at radius 3 is 2.17 bits per heavy atom. The minimum atomic E-state index is -0.0946. The maximum Gasteiger partial charge on any atom is 0.228 e. The molecule has 0 unspecified atom stereocenters. The van der Waals surface area contributed by atoms with Crippen LogP contribution in [0.25, 0.3) is 0 Å². The van der Waals surface area contributed by atoms with Crippen LogP contribution in [0, 0.1) is 0 Å². The Morgan fingerprint density at radius 1 is 1.04 bits per heavy atom. The summed E-state index contributed by atoms with van der Waals surface area (Å²) >= 11 is 0. The van der Waals surface area contributed by atoms with E-state index in [1.807, 2.05) is 24.3 Å². The van der Waals surface area contributed by atoms with Crippen molar-refractivity contribution >= 4 is 23.2 Å². The summed E-state index contributed by atoms with van der Waals surface area (Å²) < 4.78 is 5.08. The molecular weight excluding hydrogens is 292 g/mol. The van der Waals surface area contributed by atoms with Gasteiger partial charge in [-0.1, -0.05) is 12.1 Å². The van der Waals surface area contributed by atoms with Gasteiger partial charge in [0.2, 0.25) is 11.8 Å². The number of nitrogens with zero attached hydrogens (tertiary/aromatic N) is 1. The second kappa shape index (κ2) is 7.45. The van der Waals surface area contributed by atoms with E-state index in [-0.39, 0.29) is 18.2 Å². The maximum absolute atomic E-state index is 12.1. The molecule has 0 radical (unpaired) electrons. The first-order chi connectivity index (χ1) is 11.0. The van der Waals surface area contributed by atoms with E-state index in [4.69, 9.17) is 4.74 Å². The quantitative estimate of drug-likeness (QED) is 0.923. The Labute approximate surface area is 135 Å². The smallest absolute Gasteiger partial charge is 0.228 e. The Kier molecular flexibility index (Phi) is 5.36. The molecule has 0 bridgehead atoms. The van der Waals surface area contributed by atoms with Crippen molar-refractivity contribution in [3.63, 3.8) is 0 Å². The molecule has 2 aromatic rings. The molecule has 0 atom stereocenters. The first-order valence-electron chi connectivity index (χ1n) is 7.26. The normalized spacial score (nSPS) is 10.0. The Bertz CT molecular complexity index is 678. The summed E-state index contributed by atoms with van der Waals surface area (Å²) in [5, 5.41) is 2.84. The molecular formula is C18H20N2O3. The number of rotatable bonds is 5. The lowest BCUT2D eigenvalue weighted by Gasteiger charge is -2.15. The highest BCUT2D eigenvalue weighted by Crippen LogP contribution is 2.17. The highest BCUT2D eigenvalue weighted by molar-refractivity contribution is 5.93. The SMILES string of the molecule is COc1ccc(NC(=O)Cc2ccc(N(C)C(C)=O)cc2)cc1. The van der Waals surface area contributed by atoms with E-state index in [9.17, 15) is 9.59 Å². The monoisotopic (exact) mass is 312 g/mol. The van der Waals surface area contributed by atoms with Crippen molar-refractivity contribution in [2.75, 3.05) is 24.4 Å². The predicted octanol–water partition coefficient (Wildman–Crippen LogP) is 2.86. The minimum absolute atomic E-state index is 0.0324. The molecule has 0 aliphatic rings. The lowest BCUT2D eigenvalue weighted by molar-refractivity contribution is -0.116. The summed E-state index contributed by atoms with van der Waals surface area (Å²) in [6, 6.07) is 14.5. The number of benzene rings is 2. The van der Waals surface area contributed by atoms with Gasteiger partial charge < -0.3 is 15.0 Å². The molecule has 2 amide bonds. The van der Waals surface area contributed by atoms with Crippen molar-refractivity contribution in [3.8, 4) is 5.75 Å². The summed E-state index contributed by atoms with van der Waals surface area (Å²) in [7, 11) is 3.31. The van der Waals surface area contributed by atoms with Crippen LogP contribution in [-0.4, -0.2) is 26.0 Å². The molecule has 0 spiro atoms. The molecule has 1 N–H and O–H groups in total. The third-order valence-electron chi connectivity index (χ3n) is 3.53. The van der Waals surface area contributed by atoms with E-state index in [2.05, 4.69) is 5.32 Å². The van der Waals surface area contributed by atoms with Gasteiger partial charge in [0.1, 0.15) is 5.75 Å². The van der Waals surface area contributed by atoms with Gasteiger partial charge in [0.15, 0.2) is 0 Å². The van der Waals surface area contributed by atoms with E-state index >= 15 is 0 Å². The molecule has 2 rings (SSSR count). The first kappa shape index (κ1) is 16.5. The summed E-state index contributed by atoms with van der Waals surface area (Å²) in [5.74, 6) is 0.617. The van der Waals surface area contributed by atoms with Crippen LogP contribution in [0.15, 0.2) is 48.5 Å². The standard InChI is InChI=1S/C18H20N2O3/c1-13(21)20(2)16-8-4-14(5-9-16)12-18(22)19-15-6-10-17(23-3)11-7-15/h4-11H,12H2,1-3H3,(H,19,22). The van der Waals surface area contributed by atoms with Gasteiger partial charge in [0.05, 0.1) is 13.5 Å². The molecule has 0 fully saturated rings. The van der Waals surface area contributed by atoms with Crippen LogP contribution in [0.1, 0.15) is 12.5 Å². The fraction of sp³-hybridized carbons (Fsp3) is 0.222. The van der Waals surface area contributed by atoms with E-state index in [0.29, 0.717) is 0 Å². The lowest BCUT2D eigenvalue weighted by atomic mass is 10.1. The molecule has 0 heterocycles. The second-order valence-corrected chi connectivity index (χ2v) is 5.20. The van der Waals surface area contributed by atoms with Gasteiger partial charge in [-0.15, -0.1) is 0 Å².